The molecule has 0 atom stereocenters. The number of nitrogens with zero attached hydrogens (tertiary/aromatic N) is 1. The SMILES string of the molecule is C=CSc1nccc2ccccc12. The quantitative estimate of drug-likeness (QED) is 0.668. The summed E-state index contributed by atoms with van der Waals surface area (Å²) in [6.45, 7) is 3.69. The van der Waals surface area contributed by atoms with E-state index in [1.807, 2.05) is 24.4 Å². The number of fused-ring (bicyclic) bond motifs is 1. The molecule has 0 aliphatic heterocycles. The number of benzene rings is 1. The van der Waals surface area contributed by atoms with E-state index in [0.29, 0.717) is 0 Å². The molecule has 0 spiro atoms. The molecule has 0 unspecified atom stereocenters. The van der Waals surface area contributed by atoms with E-state index in [2.05, 4.69) is 23.7 Å². The van der Waals surface area contributed by atoms with Crippen molar-refractivity contribution in [2.45, 2.75) is 5.03 Å². The van der Waals surface area contributed by atoms with Gasteiger partial charge in [0.2, 0.25) is 0 Å². The summed E-state index contributed by atoms with van der Waals surface area (Å²) in [5, 5.41) is 5.24. The van der Waals surface area contributed by atoms with E-state index in [-0.39, 0.29) is 0 Å². The summed E-state index contributed by atoms with van der Waals surface area (Å²) in [7, 11) is 0. The van der Waals surface area contributed by atoms with Gasteiger partial charge in [0.1, 0.15) is 5.03 Å². The van der Waals surface area contributed by atoms with Crippen LogP contribution in [0.15, 0.2) is 53.5 Å². The van der Waals surface area contributed by atoms with E-state index < -0.39 is 0 Å². The second-order valence-electron chi connectivity index (χ2n) is 2.62. The Morgan fingerprint density at radius 1 is 1.23 bits per heavy atom. The minimum atomic E-state index is 1.02. The van der Waals surface area contributed by atoms with Crippen LogP contribution >= 0.6 is 11.8 Å². The second kappa shape index (κ2) is 3.62. The van der Waals surface area contributed by atoms with Crippen molar-refractivity contribution in [3.05, 3.63) is 48.5 Å². The molecular weight excluding hydrogens is 178 g/mol. The van der Waals surface area contributed by atoms with Crippen molar-refractivity contribution < 1.29 is 0 Å². The molecule has 2 rings (SSSR count). The van der Waals surface area contributed by atoms with E-state index >= 15 is 0 Å². The van der Waals surface area contributed by atoms with Gasteiger partial charge in [0, 0.05) is 11.6 Å². The van der Waals surface area contributed by atoms with E-state index in [0.717, 1.165) is 5.03 Å². The summed E-state index contributed by atoms with van der Waals surface area (Å²) in [5.74, 6) is 0. The summed E-state index contributed by atoms with van der Waals surface area (Å²) in [6.07, 6.45) is 1.83. The van der Waals surface area contributed by atoms with E-state index in [9.17, 15) is 0 Å². The zero-order chi connectivity index (χ0) is 9.10. The Morgan fingerprint density at radius 3 is 2.92 bits per heavy atom. The first-order valence-electron chi connectivity index (χ1n) is 4.03. The fourth-order valence-corrected chi connectivity index (χ4v) is 1.86. The normalized spacial score (nSPS) is 10.2. The molecular formula is C11H9NS. The first-order chi connectivity index (χ1) is 6.42. The first kappa shape index (κ1) is 8.32. The maximum atomic E-state index is 4.29. The smallest absolute Gasteiger partial charge is 0.108 e. The Hall–Kier alpha value is -1.28. The predicted octanol–water partition coefficient (Wildman–Crippen LogP) is 3.47. The van der Waals surface area contributed by atoms with Gasteiger partial charge >= 0.3 is 0 Å². The first-order valence-corrected chi connectivity index (χ1v) is 4.91. The van der Waals surface area contributed by atoms with Crippen LogP contribution in [0.1, 0.15) is 0 Å². The van der Waals surface area contributed by atoms with Crippen LogP contribution in [0.3, 0.4) is 0 Å². The van der Waals surface area contributed by atoms with Gasteiger partial charge < -0.3 is 0 Å². The summed E-state index contributed by atoms with van der Waals surface area (Å²) < 4.78 is 0. The lowest BCUT2D eigenvalue weighted by Gasteiger charge is -2.00. The molecule has 0 aliphatic rings. The average Bonchev–Trinajstić information content (AvgIpc) is 2.19. The predicted molar refractivity (Wildman–Crippen MR) is 57.8 cm³/mol. The van der Waals surface area contributed by atoms with Crippen molar-refractivity contribution in [2.75, 3.05) is 0 Å². The van der Waals surface area contributed by atoms with Gasteiger partial charge in [-0.1, -0.05) is 42.6 Å². The van der Waals surface area contributed by atoms with Crippen molar-refractivity contribution in [1.82, 2.24) is 4.98 Å². The highest BCUT2D eigenvalue weighted by atomic mass is 32.2. The molecule has 0 aliphatic carbocycles. The molecule has 1 aromatic carbocycles. The standard InChI is InChI=1S/C11H9NS/c1-2-13-11-10-6-4-3-5-9(10)7-8-12-11/h2-8H,1H2. The average molecular weight is 187 g/mol. The highest BCUT2D eigenvalue weighted by Gasteiger charge is 1.98. The molecule has 2 aromatic rings. The van der Waals surface area contributed by atoms with E-state index in [1.165, 1.54) is 10.8 Å². The zero-order valence-electron chi connectivity index (χ0n) is 7.10. The molecule has 1 heterocycles. The molecule has 0 N–H and O–H groups in total. The molecule has 0 radical (unpaired) electrons. The van der Waals surface area contributed by atoms with Gasteiger partial charge in [0.25, 0.3) is 0 Å². The third-order valence-corrected chi connectivity index (χ3v) is 2.55. The van der Waals surface area contributed by atoms with E-state index in [4.69, 9.17) is 0 Å². The number of hydrogen-bond donors (Lipinski definition) is 0. The van der Waals surface area contributed by atoms with Crippen LogP contribution < -0.4 is 0 Å². The molecule has 0 saturated heterocycles. The molecule has 1 aromatic heterocycles. The number of hydrogen-bond acceptors (Lipinski definition) is 2. The lowest BCUT2D eigenvalue weighted by atomic mass is 10.2. The maximum Gasteiger partial charge on any atom is 0.108 e. The fraction of sp³-hybridized carbons (Fsp3) is 0. The second-order valence-corrected chi connectivity index (χ2v) is 3.58. The molecule has 0 bridgehead atoms. The Balaban J connectivity index is 2.68. The van der Waals surface area contributed by atoms with Crippen LogP contribution in [0.25, 0.3) is 10.8 Å². The molecule has 2 heteroatoms. The Bertz CT molecular complexity index is 432. The number of pyridine rings is 1. The van der Waals surface area contributed by atoms with Gasteiger partial charge in [0.05, 0.1) is 0 Å². The number of aromatic nitrogens is 1. The number of rotatable bonds is 2. The molecule has 1 nitrogen and oxygen atoms in total. The lowest BCUT2D eigenvalue weighted by molar-refractivity contribution is 1.18. The largest absolute Gasteiger partial charge is 0.249 e. The molecule has 0 amide bonds. The Kier molecular flexibility index (Phi) is 2.32. The Labute approximate surface area is 81.5 Å². The van der Waals surface area contributed by atoms with Crippen molar-refractivity contribution in [2.24, 2.45) is 0 Å². The van der Waals surface area contributed by atoms with Gasteiger partial charge in [-0.2, -0.15) is 0 Å². The van der Waals surface area contributed by atoms with Crippen LogP contribution in [-0.2, 0) is 0 Å². The Morgan fingerprint density at radius 2 is 2.08 bits per heavy atom. The lowest BCUT2D eigenvalue weighted by Crippen LogP contribution is -1.79. The van der Waals surface area contributed by atoms with Crippen LogP contribution in [0.5, 0.6) is 0 Å². The number of thioether (sulfide) groups is 1. The van der Waals surface area contributed by atoms with Crippen LogP contribution in [0.2, 0.25) is 0 Å². The van der Waals surface area contributed by atoms with Crippen molar-refractivity contribution in [3.8, 4) is 0 Å². The van der Waals surface area contributed by atoms with Crippen LogP contribution in [0.4, 0.5) is 0 Å². The minimum absolute atomic E-state index is 1.02. The fourth-order valence-electron chi connectivity index (χ4n) is 1.26. The summed E-state index contributed by atoms with van der Waals surface area (Å²) in [4.78, 5) is 4.29. The molecule has 13 heavy (non-hydrogen) atoms. The monoisotopic (exact) mass is 187 g/mol. The van der Waals surface area contributed by atoms with Gasteiger partial charge in [-0.05, 0) is 16.9 Å². The summed E-state index contributed by atoms with van der Waals surface area (Å²) in [5.41, 5.74) is 0. The topological polar surface area (TPSA) is 12.9 Å². The highest BCUT2D eigenvalue weighted by molar-refractivity contribution is 8.02. The summed E-state index contributed by atoms with van der Waals surface area (Å²) in [6, 6.07) is 10.2. The van der Waals surface area contributed by atoms with Crippen molar-refractivity contribution >= 4 is 22.5 Å². The van der Waals surface area contributed by atoms with Gasteiger partial charge in [-0.15, -0.1) is 0 Å². The summed E-state index contributed by atoms with van der Waals surface area (Å²) >= 11 is 1.56. The van der Waals surface area contributed by atoms with E-state index in [1.54, 1.807) is 17.2 Å². The van der Waals surface area contributed by atoms with Crippen LogP contribution in [-0.4, -0.2) is 4.98 Å². The van der Waals surface area contributed by atoms with Gasteiger partial charge in [-0.25, -0.2) is 4.98 Å². The van der Waals surface area contributed by atoms with Gasteiger partial charge in [-0.3, -0.25) is 0 Å². The third kappa shape index (κ3) is 1.58. The highest BCUT2D eigenvalue weighted by Crippen LogP contribution is 2.25. The minimum Gasteiger partial charge on any atom is -0.249 e. The third-order valence-electron chi connectivity index (χ3n) is 1.83. The maximum absolute atomic E-state index is 4.29. The molecule has 0 saturated carbocycles. The van der Waals surface area contributed by atoms with Crippen molar-refractivity contribution in [1.29, 1.82) is 0 Å². The van der Waals surface area contributed by atoms with Crippen molar-refractivity contribution in [3.63, 3.8) is 0 Å². The zero-order valence-corrected chi connectivity index (χ0v) is 7.92. The van der Waals surface area contributed by atoms with Gasteiger partial charge in [0.15, 0.2) is 0 Å². The molecule has 0 fully saturated rings. The van der Waals surface area contributed by atoms with Crippen LogP contribution in [0, 0.1) is 0 Å². The molecule has 64 valence electrons.